The van der Waals surface area contributed by atoms with Crippen LogP contribution in [0.4, 0.5) is 0 Å². The third-order valence-corrected chi connectivity index (χ3v) is 5.66. The number of nitrogens with zero attached hydrogens (tertiary/aromatic N) is 4. The molecule has 2 aliphatic heterocycles. The molecule has 3 atom stereocenters. The largest absolute Gasteiger partial charge is 0.469 e. The highest BCUT2D eigenvalue weighted by atomic mass is 127. The summed E-state index contributed by atoms with van der Waals surface area (Å²) in [5, 5.41) is 3.50. The van der Waals surface area contributed by atoms with Gasteiger partial charge in [0.05, 0.1) is 13.0 Å². The normalized spacial score (nSPS) is 26.3. The molecule has 2 heterocycles. The number of esters is 1. The number of aliphatic imine (C=N–C) groups is 1. The Morgan fingerprint density at radius 3 is 2.46 bits per heavy atom. The molecule has 1 N–H and O–H groups in total. The maximum atomic E-state index is 11.9. The summed E-state index contributed by atoms with van der Waals surface area (Å²) in [4.78, 5) is 23.5. The van der Waals surface area contributed by atoms with Gasteiger partial charge in [0.25, 0.3) is 0 Å². The van der Waals surface area contributed by atoms with Crippen LogP contribution < -0.4 is 5.32 Å². The highest BCUT2D eigenvalue weighted by Crippen LogP contribution is 2.24. The van der Waals surface area contributed by atoms with Crippen LogP contribution in [0.5, 0.6) is 0 Å². The number of nitrogens with one attached hydrogen (secondary N) is 1. The molecule has 8 heteroatoms. The molecule has 0 aromatic rings. The highest BCUT2D eigenvalue weighted by molar-refractivity contribution is 14.0. The summed E-state index contributed by atoms with van der Waals surface area (Å²) >= 11 is 0. The van der Waals surface area contributed by atoms with Crippen molar-refractivity contribution in [2.75, 3.05) is 66.5 Å². The summed E-state index contributed by atoms with van der Waals surface area (Å²) in [7, 11) is 3.27. The quantitative estimate of drug-likeness (QED) is 0.273. The van der Waals surface area contributed by atoms with Gasteiger partial charge in [-0.05, 0) is 19.4 Å². The van der Waals surface area contributed by atoms with E-state index in [9.17, 15) is 4.79 Å². The van der Waals surface area contributed by atoms with E-state index in [1.807, 2.05) is 7.05 Å². The lowest BCUT2D eigenvalue weighted by Gasteiger charge is -2.38. The minimum absolute atomic E-state index is 0. The lowest BCUT2D eigenvalue weighted by atomic mass is 9.99. The zero-order valence-electron chi connectivity index (χ0n) is 16.9. The first-order valence-electron chi connectivity index (χ1n) is 9.49. The van der Waals surface area contributed by atoms with E-state index in [0.29, 0.717) is 12.6 Å². The second kappa shape index (κ2) is 11.3. The van der Waals surface area contributed by atoms with Crippen LogP contribution in [0, 0.1) is 11.8 Å². The molecular formula is C18H36IN5O2. The Morgan fingerprint density at radius 2 is 1.92 bits per heavy atom. The van der Waals surface area contributed by atoms with Crippen LogP contribution in [0.2, 0.25) is 0 Å². The van der Waals surface area contributed by atoms with E-state index in [-0.39, 0.29) is 41.8 Å². The Bertz CT molecular complexity index is 468. The van der Waals surface area contributed by atoms with Gasteiger partial charge in [-0.25, -0.2) is 0 Å². The fourth-order valence-corrected chi connectivity index (χ4v) is 3.82. The van der Waals surface area contributed by atoms with Gasteiger partial charge in [-0.15, -0.1) is 24.0 Å². The van der Waals surface area contributed by atoms with Crippen molar-refractivity contribution in [1.82, 2.24) is 20.0 Å². The lowest BCUT2D eigenvalue weighted by molar-refractivity contribution is -0.145. The summed E-state index contributed by atoms with van der Waals surface area (Å²) in [6.07, 6.45) is 0. The van der Waals surface area contributed by atoms with Crippen molar-refractivity contribution in [3.05, 3.63) is 0 Å². The zero-order valence-corrected chi connectivity index (χ0v) is 19.2. The molecule has 0 aromatic heterocycles. The molecule has 152 valence electrons. The average Bonchev–Trinajstić information content (AvgIpc) is 3.03. The van der Waals surface area contributed by atoms with Crippen molar-refractivity contribution in [3.63, 3.8) is 0 Å². The van der Waals surface area contributed by atoms with Gasteiger partial charge in [0, 0.05) is 58.9 Å². The van der Waals surface area contributed by atoms with E-state index in [4.69, 9.17) is 4.74 Å². The maximum absolute atomic E-state index is 11.9. The van der Waals surface area contributed by atoms with Crippen molar-refractivity contribution in [3.8, 4) is 0 Å². The second-order valence-corrected chi connectivity index (χ2v) is 7.26. The average molecular weight is 481 g/mol. The fourth-order valence-electron chi connectivity index (χ4n) is 3.82. The number of guanidine groups is 1. The smallest absolute Gasteiger partial charge is 0.310 e. The van der Waals surface area contributed by atoms with Gasteiger partial charge >= 0.3 is 5.97 Å². The van der Waals surface area contributed by atoms with E-state index in [0.717, 1.165) is 51.8 Å². The zero-order chi connectivity index (χ0) is 18.4. The number of rotatable bonds is 5. The molecule has 0 aliphatic carbocycles. The van der Waals surface area contributed by atoms with Crippen molar-refractivity contribution in [2.24, 2.45) is 16.8 Å². The van der Waals surface area contributed by atoms with Gasteiger partial charge in [-0.2, -0.15) is 0 Å². The molecule has 2 saturated heterocycles. The third kappa shape index (κ3) is 5.95. The lowest BCUT2D eigenvalue weighted by Crippen LogP contribution is -2.53. The number of methoxy groups -OCH3 is 1. The van der Waals surface area contributed by atoms with E-state index < -0.39 is 0 Å². The minimum atomic E-state index is -0.118. The molecule has 0 bridgehead atoms. The summed E-state index contributed by atoms with van der Waals surface area (Å²) in [6.45, 7) is 14.7. The molecule has 0 aromatic carbocycles. The molecule has 3 unspecified atom stereocenters. The van der Waals surface area contributed by atoms with Crippen LogP contribution in [0.3, 0.4) is 0 Å². The van der Waals surface area contributed by atoms with Gasteiger partial charge < -0.3 is 19.9 Å². The van der Waals surface area contributed by atoms with Gasteiger partial charge in [0.1, 0.15) is 0 Å². The molecule has 0 amide bonds. The molecule has 2 rings (SSSR count). The summed E-state index contributed by atoms with van der Waals surface area (Å²) < 4.78 is 4.93. The van der Waals surface area contributed by atoms with Crippen LogP contribution in [0.25, 0.3) is 0 Å². The molecule has 2 aliphatic rings. The van der Waals surface area contributed by atoms with Crippen LogP contribution in [0.1, 0.15) is 20.8 Å². The number of halogens is 1. The van der Waals surface area contributed by atoms with E-state index >= 15 is 0 Å². The number of carbonyl (C=O) groups excluding carboxylic acids is 1. The monoisotopic (exact) mass is 481 g/mol. The first kappa shape index (κ1) is 23.4. The summed E-state index contributed by atoms with van der Waals surface area (Å²) in [6, 6.07) is 0.465. The third-order valence-electron chi connectivity index (χ3n) is 5.66. The summed E-state index contributed by atoms with van der Waals surface area (Å²) in [5.74, 6) is 0.985. The maximum Gasteiger partial charge on any atom is 0.310 e. The number of piperazine rings is 1. The topological polar surface area (TPSA) is 60.4 Å². The van der Waals surface area contributed by atoms with E-state index in [2.05, 4.69) is 45.8 Å². The molecule has 7 nitrogen and oxygen atoms in total. The van der Waals surface area contributed by atoms with E-state index in [1.54, 1.807) is 0 Å². The van der Waals surface area contributed by atoms with Crippen molar-refractivity contribution in [1.29, 1.82) is 0 Å². The van der Waals surface area contributed by atoms with Crippen LogP contribution in [0.15, 0.2) is 4.99 Å². The first-order valence-corrected chi connectivity index (χ1v) is 9.49. The number of ether oxygens (including phenoxy) is 1. The molecule has 0 radical (unpaired) electrons. The van der Waals surface area contributed by atoms with Gasteiger partial charge in [0.2, 0.25) is 0 Å². The molecule has 26 heavy (non-hydrogen) atoms. The van der Waals surface area contributed by atoms with Gasteiger partial charge in [-0.3, -0.25) is 14.7 Å². The van der Waals surface area contributed by atoms with Crippen LogP contribution >= 0.6 is 24.0 Å². The van der Waals surface area contributed by atoms with Crippen LogP contribution in [-0.4, -0.2) is 99.2 Å². The minimum Gasteiger partial charge on any atom is -0.469 e. The molecular weight excluding hydrogens is 445 g/mol. The van der Waals surface area contributed by atoms with Crippen molar-refractivity contribution < 1.29 is 9.53 Å². The Labute approximate surface area is 175 Å². The number of hydrogen-bond donors (Lipinski definition) is 1. The van der Waals surface area contributed by atoms with Gasteiger partial charge in [-0.1, -0.05) is 13.8 Å². The molecule has 0 saturated carbocycles. The summed E-state index contributed by atoms with van der Waals surface area (Å²) in [5.41, 5.74) is 0. The standard InChI is InChI=1S/C18H35N5O2.HI/c1-6-21-7-9-22(10-8-21)15(3)11-20-18(19-4)23-12-14(2)16(13-23)17(24)25-5;/h14-16H,6-13H2,1-5H3,(H,19,20);1H. The Morgan fingerprint density at radius 1 is 1.27 bits per heavy atom. The number of hydrogen-bond acceptors (Lipinski definition) is 5. The second-order valence-electron chi connectivity index (χ2n) is 7.26. The van der Waals surface area contributed by atoms with Crippen molar-refractivity contribution >= 4 is 35.9 Å². The number of carbonyl (C=O) groups is 1. The Kier molecular flexibility index (Phi) is 10.2. The van der Waals surface area contributed by atoms with Gasteiger partial charge in [0.15, 0.2) is 5.96 Å². The number of likely N-dealkylation sites (tertiary alicyclic amines) is 1. The van der Waals surface area contributed by atoms with E-state index in [1.165, 1.54) is 7.11 Å². The fraction of sp³-hybridized carbons (Fsp3) is 0.889. The SMILES string of the molecule is CCN1CCN(C(C)CNC(=NC)N2CC(C)C(C(=O)OC)C2)CC1.I. The van der Waals surface area contributed by atoms with Crippen LogP contribution in [-0.2, 0) is 9.53 Å². The molecule has 2 fully saturated rings. The Hall–Kier alpha value is -0.610. The predicted octanol–water partition coefficient (Wildman–Crippen LogP) is 0.947. The first-order chi connectivity index (χ1) is 12.0. The molecule has 0 spiro atoms. The van der Waals surface area contributed by atoms with Crippen molar-refractivity contribution in [2.45, 2.75) is 26.8 Å². The highest BCUT2D eigenvalue weighted by Gasteiger charge is 2.37. The Balaban J connectivity index is 0.00000338. The predicted molar refractivity (Wildman–Crippen MR) is 116 cm³/mol. The number of likely N-dealkylation sites (N-methyl/N-ethyl adjacent to an activating group) is 1.